The van der Waals surface area contributed by atoms with Crippen LogP contribution in [0.4, 0.5) is 0 Å². The van der Waals surface area contributed by atoms with Gasteiger partial charge in [0.1, 0.15) is 0 Å². The van der Waals surface area contributed by atoms with Crippen molar-refractivity contribution in [2.75, 3.05) is 13.1 Å². The van der Waals surface area contributed by atoms with Crippen molar-refractivity contribution in [3.8, 4) is 0 Å². The number of hydrogen-bond acceptors (Lipinski definition) is 4. The average Bonchev–Trinajstić information content (AvgIpc) is 2.93. The Kier molecular flexibility index (Phi) is 4.58. The maximum absolute atomic E-state index is 11.8. The largest absolute Gasteiger partial charge is 0.351 e. The van der Waals surface area contributed by atoms with Crippen molar-refractivity contribution in [2.45, 2.75) is 12.8 Å². The van der Waals surface area contributed by atoms with Gasteiger partial charge < -0.3 is 5.32 Å². The van der Waals surface area contributed by atoms with E-state index in [2.05, 4.69) is 15.3 Å². The van der Waals surface area contributed by atoms with Crippen LogP contribution in [0.15, 0.2) is 22.6 Å². The van der Waals surface area contributed by atoms with Crippen LogP contribution in [0.2, 0.25) is 0 Å². The predicted octanol–water partition coefficient (Wildman–Crippen LogP) is 3.78. The Balaban J connectivity index is 1.78. The summed E-state index contributed by atoms with van der Waals surface area (Å²) in [6.07, 6.45) is 1.62. The van der Waals surface area contributed by atoms with Gasteiger partial charge in [0, 0.05) is 27.4 Å². The first kappa shape index (κ1) is 12.9. The Bertz CT molecular complexity index is 554. The zero-order valence-corrected chi connectivity index (χ0v) is 11.3. The summed E-state index contributed by atoms with van der Waals surface area (Å²) in [5.41, 5.74) is 8.10. The van der Waals surface area contributed by atoms with E-state index >= 15 is 0 Å². The summed E-state index contributed by atoms with van der Waals surface area (Å²) in [5.74, 6) is -0.0211. The SMILES string of the molecule is [N-]=[N+]=NCCCCNC(=O)c1cc2sccc2s1. The lowest BCUT2D eigenvalue weighted by Gasteiger charge is -2.01. The summed E-state index contributed by atoms with van der Waals surface area (Å²) in [6.45, 7) is 1.10. The molecule has 0 aliphatic rings. The molecule has 0 fully saturated rings. The van der Waals surface area contributed by atoms with Gasteiger partial charge in [-0.25, -0.2) is 0 Å². The molecule has 1 amide bonds. The number of fused-ring (bicyclic) bond motifs is 1. The second-order valence-electron chi connectivity index (χ2n) is 3.68. The number of unbranched alkanes of at least 4 members (excludes halogenated alkanes) is 1. The molecule has 2 rings (SSSR count). The summed E-state index contributed by atoms with van der Waals surface area (Å²) in [6, 6.07) is 3.96. The number of azide groups is 1. The van der Waals surface area contributed by atoms with Gasteiger partial charge >= 0.3 is 0 Å². The van der Waals surface area contributed by atoms with E-state index in [0.717, 1.165) is 27.1 Å². The number of nitrogens with zero attached hydrogens (tertiary/aromatic N) is 3. The van der Waals surface area contributed by atoms with Crippen molar-refractivity contribution in [1.82, 2.24) is 5.32 Å². The molecule has 0 aromatic carbocycles. The highest BCUT2D eigenvalue weighted by Crippen LogP contribution is 2.29. The number of amides is 1. The van der Waals surface area contributed by atoms with Crippen LogP contribution in [0.1, 0.15) is 22.5 Å². The van der Waals surface area contributed by atoms with Crippen LogP contribution in [0.3, 0.4) is 0 Å². The van der Waals surface area contributed by atoms with E-state index in [4.69, 9.17) is 5.53 Å². The summed E-state index contributed by atoms with van der Waals surface area (Å²) >= 11 is 3.16. The van der Waals surface area contributed by atoms with Gasteiger partial charge in [-0.1, -0.05) is 5.11 Å². The summed E-state index contributed by atoms with van der Waals surface area (Å²) < 4.78 is 2.32. The molecule has 0 bridgehead atoms. The molecule has 1 N–H and O–H groups in total. The Hall–Kier alpha value is -1.56. The van der Waals surface area contributed by atoms with Gasteiger partial charge in [0.2, 0.25) is 0 Å². The number of hydrogen-bond donors (Lipinski definition) is 1. The summed E-state index contributed by atoms with van der Waals surface area (Å²) in [5, 5.41) is 8.33. The van der Waals surface area contributed by atoms with Crippen LogP contribution in [-0.4, -0.2) is 19.0 Å². The Labute approximate surface area is 112 Å². The molecule has 7 heteroatoms. The molecule has 5 nitrogen and oxygen atoms in total. The normalized spacial score (nSPS) is 10.2. The van der Waals surface area contributed by atoms with Gasteiger partial charge in [-0.15, -0.1) is 22.7 Å². The zero-order chi connectivity index (χ0) is 12.8. The third-order valence-corrected chi connectivity index (χ3v) is 4.49. The van der Waals surface area contributed by atoms with E-state index in [0.29, 0.717) is 13.1 Å². The molecule has 0 unspecified atom stereocenters. The molecule has 0 aliphatic carbocycles. The van der Waals surface area contributed by atoms with E-state index in [9.17, 15) is 4.79 Å². The molecule has 0 atom stereocenters. The molecule has 94 valence electrons. The number of nitrogens with one attached hydrogen (secondary N) is 1. The van der Waals surface area contributed by atoms with Crippen molar-refractivity contribution < 1.29 is 4.79 Å². The van der Waals surface area contributed by atoms with Gasteiger partial charge in [-0.2, -0.15) is 0 Å². The third-order valence-electron chi connectivity index (χ3n) is 2.40. The molecule has 0 spiro atoms. The topological polar surface area (TPSA) is 77.9 Å². The Morgan fingerprint density at radius 3 is 3.11 bits per heavy atom. The van der Waals surface area contributed by atoms with Gasteiger partial charge in [-0.05, 0) is 35.9 Å². The van der Waals surface area contributed by atoms with Crippen molar-refractivity contribution in [1.29, 1.82) is 0 Å². The zero-order valence-electron chi connectivity index (χ0n) is 9.63. The lowest BCUT2D eigenvalue weighted by molar-refractivity contribution is 0.0957. The summed E-state index contributed by atoms with van der Waals surface area (Å²) in [7, 11) is 0. The fourth-order valence-corrected chi connectivity index (χ4v) is 3.54. The van der Waals surface area contributed by atoms with E-state index < -0.39 is 0 Å². The molecular weight excluding hydrogens is 268 g/mol. The lowest BCUT2D eigenvalue weighted by Crippen LogP contribution is -2.23. The standard InChI is InChI=1S/C11H12N4OS2/c12-15-14-5-2-1-4-13-11(16)10-7-9-8(18-10)3-6-17-9/h3,6-7H,1-2,4-5H2,(H,13,16). The maximum Gasteiger partial charge on any atom is 0.261 e. The molecule has 18 heavy (non-hydrogen) atoms. The number of carbonyl (C=O) groups excluding carboxylic acids is 1. The molecule has 2 heterocycles. The van der Waals surface area contributed by atoms with E-state index in [1.165, 1.54) is 11.3 Å². The minimum Gasteiger partial charge on any atom is -0.351 e. The van der Waals surface area contributed by atoms with Crippen LogP contribution >= 0.6 is 22.7 Å². The lowest BCUT2D eigenvalue weighted by atomic mass is 10.3. The second-order valence-corrected chi connectivity index (χ2v) is 5.71. The van der Waals surface area contributed by atoms with Crippen molar-refractivity contribution in [3.05, 3.63) is 32.8 Å². The van der Waals surface area contributed by atoms with Crippen LogP contribution in [0.5, 0.6) is 0 Å². The minimum atomic E-state index is -0.0211. The molecule has 0 radical (unpaired) electrons. The molecule has 0 saturated carbocycles. The van der Waals surface area contributed by atoms with Gasteiger partial charge in [0.05, 0.1) is 4.88 Å². The monoisotopic (exact) mass is 280 g/mol. The second kappa shape index (κ2) is 6.39. The van der Waals surface area contributed by atoms with Gasteiger partial charge in [0.25, 0.3) is 5.91 Å². The van der Waals surface area contributed by atoms with Crippen molar-refractivity contribution in [3.63, 3.8) is 0 Å². The van der Waals surface area contributed by atoms with Crippen molar-refractivity contribution in [2.24, 2.45) is 5.11 Å². The van der Waals surface area contributed by atoms with E-state index in [1.807, 2.05) is 17.5 Å². The van der Waals surface area contributed by atoms with Crippen LogP contribution in [-0.2, 0) is 0 Å². The fourth-order valence-electron chi connectivity index (χ4n) is 1.52. The highest BCUT2D eigenvalue weighted by Gasteiger charge is 2.09. The number of thiophene rings is 2. The molecule has 2 aromatic rings. The smallest absolute Gasteiger partial charge is 0.261 e. The first-order chi connectivity index (χ1) is 8.81. The molecule has 0 saturated heterocycles. The summed E-state index contributed by atoms with van der Waals surface area (Å²) in [4.78, 5) is 15.3. The van der Waals surface area contributed by atoms with Gasteiger partial charge in [0.15, 0.2) is 0 Å². The van der Waals surface area contributed by atoms with Crippen LogP contribution < -0.4 is 5.32 Å². The third kappa shape index (κ3) is 3.22. The van der Waals surface area contributed by atoms with E-state index in [-0.39, 0.29) is 5.91 Å². The highest BCUT2D eigenvalue weighted by molar-refractivity contribution is 7.27. The quantitative estimate of drug-likeness (QED) is 0.371. The van der Waals surface area contributed by atoms with Crippen molar-refractivity contribution >= 4 is 38.0 Å². The highest BCUT2D eigenvalue weighted by atomic mass is 32.1. The molecule has 2 aromatic heterocycles. The number of carbonyl (C=O) groups is 1. The Morgan fingerprint density at radius 1 is 1.44 bits per heavy atom. The predicted molar refractivity (Wildman–Crippen MR) is 75.3 cm³/mol. The average molecular weight is 280 g/mol. The Morgan fingerprint density at radius 2 is 2.33 bits per heavy atom. The first-order valence-corrected chi connectivity index (χ1v) is 7.27. The molecular formula is C11H12N4OS2. The minimum absolute atomic E-state index is 0.0211. The van der Waals surface area contributed by atoms with Gasteiger partial charge in [-0.3, -0.25) is 4.79 Å². The van der Waals surface area contributed by atoms with Crippen LogP contribution in [0, 0.1) is 0 Å². The van der Waals surface area contributed by atoms with E-state index in [1.54, 1.807) is 11.3 Å². The first-order valence-electron chi connectivity index (χ1n) is 5.57. The maximum atomic E-state index is 11.8. The molecule has 0 aliphatic heterocycles. The fraction of sp³-hybridized carbons (Fsp3) is 0.364. The number of rotatable bonds is 6. The van der Waals surface area contributed by atoms with Crippen LogP contribution in [0.25, 0.3) is 19.8 Å².